The monoisotopic (exact) mass is 450 g/mol. The lowest BCUT2D eigenvalue weighted by Crippen LogP contribution is -2.28. The lowest BCUT2D eigenvalue weighted by atomic mass is 10.2. The second kappa shape index (κ2) is 9.78. The molecule has 0 spiro atoms. The summed E-state index contributed by atoms with van der Waals surface area (Å²) in [6, 6.07) is 19.4. The molecule has 1 aliphatic heterocycles. The van der Waals surface area contributed by atoms with Gasteiger partial charge in [0.25, 0.3) is 5.91 Å². The molecule has 32 heavy (non-hydrogen) atoms. The number of hydrogen-bond acceptors (Lipinski definition) is 4. The molecule has 162 valence electrons. The quantitative estimate of drug-likeness (QED) is 0.422. The van der Waals surface area contributed by atoms with Crippen LogP contribution in [-0.4, -0.2) is 22.5 Å². The Balaban J connectivity index is 1.51. The summed E-state index contributed by atoms with van der Waals surface area (Å²) in [7, 11) is 0. The van der Waals surface area contributed by atoms with Gasteiger partial charge in [0, 0.05) is 6.54 Å². The fraction of sp³-hybridized carbons (Fsp3) is 0.120. The van der Waals surface area contributed by atoms with Gasteiger partial charge in [-0.1, -0.05) is 24.3 Å². The van der Waals surface area contributed by atoms with Crippen molar-refractivity contribution in [3.63, 3.8) is 0 Å². The number of ether oxygens (including phenoxy) is 1. The van der Waals surface area contributed by atoms with Gasteiger partial charge in [-0.25, -0.2) is 13.8 Å². The largest absolute Gasteiger partial charge is 0.489 e. The molecule has 0 atom stereocenters. The molecular formula is C25H20F2N2O2S. The molecule has 1 amide bonds. The molecular weight excluding hydrogens is 430 g/mol. The van der Waals surface area contributed by atoms with E-state index in [4.69, 9.17) is 4.74 Å². The van der Waals surface area contributed by atoms with Crippen molar-refractivity contribution in [2.45, 2.75) is 13.5 Å². The lowest BCUT2D eigenvalue weighted by Gasteiger charge is -2.11. The highest BCUT2D eigenvalue weighted by molar-refractivity contribution is 8.18. The fourth-order valence-corrected chi connectivity index (χ4v) is 4.15. The second-order valence-corrected chi connectivity index (χ2v) is 8.03. The Kier molecular flexibility index (Phi) is 6.66. The summed E-state index contributed by atoms with van der Waals surface area (Å²) < 4.78 is 32.0. The smallest absolute Gasteiger partial charge is 0.266 e. The van der Waals surface area contributed by atoms with Crippen LogP contribution >= 0.6 is 11.8 Å². The molecule has 0 bridgehead atoms. The first-order valence-corrected chi connectivity index (χ1v) is 10.9. The predicted octanol–water partition coefficient (Wildman–Crippen LogP) is 6.17. The minimum absolute atomic E-state index is 0.129. The lowest BCUT2D eigenvalue weighted by molar-refractivity contribution is -0.122. The van der Waals surface area contributed by atoms with Gasteiger partial charge >= 0.3 is 0 Å². The molecule has 0 aromatic heterocycles. The number of likely N-dealkylation sites (N-methyl/N-ethyl adjacent to an activating group) is 1. The Hall–Kier alpha value is -3.45. The van der Waals surface area contributed by atoms with E-state index < -0.39 is 0 Å². The van der Waals surface area contributed by atoms with Crippen LogP contribution in [-0.2, 0) is 11.4 Å². The first-order chi connectivity index (χ1) is 15.5. The van der Waals surface area contributed by atoms with Crippen LogP contribution in [0.25, 0.3) is 6.08 Å². The topological polar surface area (TPSA) is 41.9 Å². The molecule has 0 saturated carbocycles. The van der Waals surface area contributed by atoms with E-state index in [2.05, 4.69) is 4.99 Å². The normalized spacial score (nSPS) is 16.2. The molecule has 0 radical (unpaired) electrons. The number of aliphatic imine (C=N–C) groups is 1. The van der Waals surface area contributed by atoms with Gasteiger partial charge in [0.05, 0.1) is 10.6 Å². The van der Waals surface area contributed by atoms with Crippen molar-refractivity contribution in [2.24, 2.45) is 4.99 Å². The second-order valence-electron chi connectivity index (χ2n) is 7.02. The standard InChI is InChI=1S/C25H20F2N2O2S/c1-2-29-24(30)23(32-25(29)28-21-12-10-20(27)11-13-21)15-18-4-3-5-22(14-18)31-16-17-6-8-19(26)9-7-17/h3-15H,2,16H2,1H3/b23-15+,28-25?. The number of hydrogen-bond donors (Lipinski definition) is 0. The number of carbonyl (C=O) groups is 1. The highest BCUT2D eigenvalue weighted by Gasteiger charge is 2.32. The summed E-state index contributed by atoms with van der Waals surface area (Å²) in [6.07, 6.45) is 1.80. The van der Waals surface area contributed by atoms with E-state index in [9.17, 15) is 13.6 Å². The maximum Gasteiger partial charge on any atom is 0.266 e. The molecule has 3 aromatic rings. The molecule has 1 saturated heterocycles. The molecule has 4 rings (SSSR count). The van der Waals surface area contributed by atoms with E-state index in [1.54, 1.807) is 35.2 Å². The summed E-state index contributed by atoms with van der Waals surface area (Å²) in [5.74, 6) is -0.106. The number of amides is 1. The number of amidine groups is 1. The van der Waals surface area contributed by atoms with Crippen LogP contribution in [0.3, 0.4) is 0 Å². The first-order valence-electron chi connectivity index (χ1n) is 10.0. The minimum Gasteiger partial charge on any atom is -0.489 e. The number of halogens is 2. The van der Waals surface area contributed by atoms with E-state index in [0.29, 0.717) is 34.7 Å². The highest BCUT2D eigenvalue weighted by atomic mass is 32.2. The highest BCUT2D eigenvalue weighted by Crippen LogP contribution is 2.34. The molecule has 3 aromatic carbocycles. The van der Waals surface area contributed by atoms with Gasteiger partial charge in [0.15, 0.2) is 5.17 Å². The van der Waals surface area contributed by atoms with E-state index in [1.165, 1.54) is 36.0 Å². The number of thioether (sulfide) groups is 1. The van der Waals surface area contributed by atoms with Crippen LogP contribution in [0.1, 0.15) is 18.1 Å². The molecule has 7 heteroatoms. The Morgan fingerprint density at radius 1 is 1.00 bits per heavy atom. The van der Waals surface area contributed by atoms with Gasteiger partial charge in [-0.15, -0.1) is 0 Å². The zero-order valence-corrected chi connectivity index (χ0v) is 18.1. The number of rotatable bonds is 6. The van der Waals surface area contributed by atoms with Gasteiger partial charge in [-0.3, -0.25) is 9.69 Å². The average Bonchev–Trinajstić information content (AvgIpc) is 3.09. The van der Waals surface area contributed by atoms with E-state index >= 15 is 0 Å². The van der Waals surface area contributed by atoms with E-state index in [-0.39, 0.29) is 17.5 Å². The van der Waals surface area contributed by atoms with Crippen LogP contribution in [0.4, 0.5) is 14.5 Å². The fourth-order valence-electron chi connectivity index (χ4n) is 3.09. The van der Waals surface area contributed by atoms with Crippen LogP contribution < -0.4 is 4.74 Å². The van der Waals surface area contributed by atoms with Gasteiger partial charge in [-0.2, -0.15) is 0 Å². The first kappa shape index (κ1) is 21.8. The van der Waals surface area contributed by atoms with Gasteiger partial charge in [0.1, 0.15) is 24.0 Å². The molecule has 4 nitrogen and oxygen atoms in total. The molecule has 1 fully saturated rings. The van der Waals surface area contributed by atoms with Crippen molar-refractivity contribution in [1.82, 2.24) is 4.90 Å². The molecule has 1 aliphatic rings. The summed E-state index contributed by atoms with van der Waals surface area (Å²) in [5.41, 5.74) is 2.26. The Morgan fingerprint density at radius 2 is 1.69 bits per heavy atom. The van der Waals surface area contributed by atoms with Gasteiger partial charge < -0.3 is 4.74 Å². The van der Waals surface area contributed by atoms with Crippen molar-refractivity contribution < 1.29 is 18.3 Å². The van der Waals surface area contributed by atoms with Crippen LogP contribution in [0, 0.1) is 11.6 Å². The van der Waals surface area contributed by atoms with Crippen LogP contribution in [0.15, 0.2) is 82.7 Å². The van der Waals surface area contributed by atoms with Crippen LogP contribution in [0.2, 0.25) is 0 Å². The maximum absolute atomic E-state index is 13.2. The summed E-state index contributed by atoms with van der Waals surface area (Å²) >= 11 is 1.28. The number of nitrogens with zero attached hydrogens (tertiary/aromatic N) is 2. The summed E-state index contributed by atoms with van der Waals surface area (Å²) in [6.45, 7) is 2.67. The third kappa shape index (κ3) is 5.23. The Morgan fingerprint density at radius 3 is 2.38 bits per heavy atom. The van der Waals surface area contributed by atoms with Crippen LogP contribution in [0.5, 0.6) is 5.75 Å². The summed E-state index contributed by atoms with van der Waals surface area (Å²) in [4.78, 5) is 19.5. The van der Waals surface area contributed by atoms with Crippen molar-refractivity contribution in [3.8, 4) is 5.75 Å². The molecule has 0 unspecified atom stereocenters. The maximum atomic E-state index is 13.2. The third-order valence-electron chi connectivity index (χ3n) is 4.73. The van der Waals surface area contributed by atoms with Crippen molar-refractivity contribution in [2.75, 3.05) is 6.54 Å². The van der Waals surface area contributed by atoms with E-state index in [1.807, 2.05) is 31.2 Å². The average molecular weight is 451 g/mol. The molecule has 0 aliphatic carbocycles. The van der Waals surface area contributed by atoms with Crippen molar-refractivity contribution in [1.29, 1.82) is 0 Å². The molecule has 0 N–H and O–H groups in total. The third-order valence-corrected chi connectivity index (χ3v) is 5.74. The number of carbonyl (C=O) groups excluding carboxylic acids is 1. The summed E-state index contributed by atoms with van der Waals surface area (Å²) in [5, 5.41) is 0.555. The minimum atomic E-state index is -0.335. The zero-order chi connectivity index (χ0) is 22.5. The number of benzene rings is 3. The zero-order valence-electron chi connectivity index (χ0n) is 17.3. The van der Waals surface area contributed by atoms with Gasteiger partial charge in [0.2, 0.25) is 0 Å². The van der Waals surface area contributed by atoms with Gasteiger partial charge in [-0.05, 0) is 84.4 Å². The molecule has 1 heterocycles. The van der Waals surface area contributed by atoms with Crippen molar-refractivity contribution in [3.05, 3.63) is 100 Å². The Bertz CT molecular complexity index is 1180. The Labute approximate surface area is 189 Å². The SMILES string of the molecule is CCN1C(=O)/C(=C\c2cccc(OCc3ccc(F)cc3)c2)SC1=Nc1ccc(F)cc1. The van der Waals surface area contributed by atoms with E-state index in [0.717, 1.165) is 11.1 Å². The predicted molar refractivity (Wildman–Crippen MR) is 124 cm³/mol. The van der Waals surface area contributed by atoms with Crippen molar-refractivity contribution >= 4 is 34.6 Å².